The van der Waals surface area contributed by atoms with Crippen molar-refractivity contribution in [3.63, 3.8) is 0 Å². The molecule has 0 radical (unpaired) electrons. The largest absolute Gasteiger partial charge is 0.454 e. The molecule has 4 rings (SSSR count). The van der Waals surface area contributed by atoms with Crippen LogP contribution < -0.4 is 20.1 Å². The van der Waals surface area contributed by atoms with Gasteiger partial charge in [0, 0.05) is 17.0 Å². The van der Waals surface area contributed by atoms with E-state index in [-0.39, 0.29) is 12.2 Å². The molecule has 0 fully saturated rings. The summed E-state index contributed by atoms with van der Waals surface area (Å²) in [4.78, 5) is 36.8. The van der Waals surface area contributed by atoms with Crippen LogP contribution in [0.15, 0.2) is 54.6 Å². The van der Waals surface area contributed by atoms with Gasteiger partial charge in [-0.05, 0) is 30.3 Å². The monoisotopic (exact) mass is 478 g/mol. The van der Waals surface area contributed by atoms with Crippen LogP contribution in [-0.4, -0.2) is 47.5 Å². The van der Waals surface area contributed by atoms with Crippen molar-refractivity contribution >= 4 is 23.6 Å². The lowest BCUT2D eigenvalue weighted by molar-refractivity contribution is -0.146. The van der Waals surface area contributed by atoms with E-state index in [4.69, 9.17) is 14.2 Å². The van der Waals surface area contributed by atoms with Crippen LogP contribution in [0.4, 0.5) is 5.82 Å². The minimum absolute atomic E-state index is 0.0957. The van der Waals surface area contributed by atoms with Crippen molar-refractivity contribution in [1.82, 2.24) is 15.1 Å². The van der Waals surface area contributed by atoms with Crippen molar-refractivity contribution < 1.29 is 28.6 Å². The predicted octanol–water partition coefficient (Wildman–Crippen LogP) is 2.81. The second kappa shape index (κ2) is 9.88. The quantitative estimate of drug-likeness (QED) is 0.501. The minimum atomic E-state index is -0.749. The molecule has 1 aliphatic rings. The highest BCUT2D eigenvalue weighted by Gasteiger charge is 2.22. The summed E-state index contributed by atoms with van der Waals surface area (Å²) >= 11 is 0. The first kappa shape index (κ1) is 23.8. The smallest absolute Gasteiger partial charge is 0.325 e. The van der Waals surface area contributed by atoms with Crippen molar-refractivity contribution in [1.29, 1.82) is 0 Å². The van der Waals surface area contributed by atoms with Gasteiger partial charge in [-0.1, -0.05) is 39.0 Å². The molecule has 0 aliphatic carbocycles. The fourth-order valence-electron chi connectivity index (χ4n) is 3.27. The van der Waals surface area contributed by atoms with Crippen LogP contribution in [-0.2, 0) is 19.7 Å². The Morgan fingerprint density at radius 3 is 2.51 bits per heavy atom. The first-order valence-electron chi connectivity index (χ1n) is 11.0. The van der Waals surface area contributed by atoms with Gasteiger partial charge in [0.2, 0.25) is 6.79 Å². The Kier molecular flexibility index (Phi) is 6.72. The van der Waals surface area contributed by atoms with Gasteiger partial charge in [-0.3, -0.25) is 14.4 Å². The maximum atomic E-state index is 12.5. The Morgan fingerprint density at radius 1 is 1.03 bits per heavy atom. The van der Waals surface area contributed by atoms with Crippen LogP contribution in [0.1, 0.15) is 36.8 Å². The molecule has 0 bridgehead atoms. The van der Waals surface area contributed by atoms with E-state index in [0.717, 1.165) is 11.4 Å². The zero-order valence-electron chi connectivity index (χ0n) is 19.7. The molecule has 2 aromatic carbocycles. The molecule has 0 saturated heterocycles. The molecule has 1 aliphatic heterocycles. The number of fused-ring (bicyclic) bond motifs is 1. The second-order valence-electron chi connectivity index (χ2n) is 8.87. The Balaban J connectivity index is 1.31. The average molecular weight is 479 g/mol. The van der Waals surface area contributed by atoms with Crippen LogP contribution in [0.25, 0.3) is 5.69 Å². The SMILES string of the molecule is CC(C)(C)c1cc(NC(=O)COC(=O)CNC(=O)c2ccc3c(c2)OCO3)n(-c2ccccc2)n1. The number of nitrogens with one attached hydrogen (secondary N) is 2. The number of ether oxygens (including phenoxy) is 3. The van der Waals surface area contributed by atoms with E-state index in [1.54, 1.807) is 22.9 Å². The van der Waals surface area contributed by atoms with Crippen LogP contribution in [0.2, 0.25) is 0 Å². The number of aromatic nitrogens is 2. The first-order valence-corrected chi connectivity index (χ1v) is 11.0. The summed E-state index contributed by atoms with van der Waals surface area (Å²) in [7, 11) is 0. The van der Waals surface area contributed by atoms with E-state index in [1.165, 1.54) is 6.07 Å². The van der Waals surface area contributed by atoms with Crippen LogP contribution >= 0.6 is 0 Å². The third-order valence-electron chi connectivity index (χ3n) is 5.14. The maximum Gasteiger partial charge on any atom is 0.325 e. The van der Waals surface area contributed by atoms with Crippen LogP contribution in [0.5, 0.6) is 11.5 Å². The fraction of sp³-hybridized carbons (Fsp3) is 0.280. The summed E-state index contributed by atoms with van der Waals surface area (Å²) in [6.45, 7) is 5.26. The number of hydrogen-bond acceptors (Lipinski definition) is 7. The molecule has 0 unspecified atom stereocenters. The summed E-state index contributed by atoms with van der Waals surface area (Å²) in [5.41, 5.74) is 1.65. The van der Waals surface area contributed by atoms with E-state index < -0.39 is 30.9 Å². The topological polar surface area (TPSA) is 121 Å². The molecular formula is C25H26N4O6. The fourth-order valence-corrected chi connectivity index (χ4v) is 3.27. The summed E-state index contributed by atoms with van der Waals surface area (Å²) in [6.07, 6.45) is 0. The number of benzene rings is 2. The number of anilines is 1. The van der Waals surface area contributed by atoms with Gasteiger partial charge >= 0.3 is 5.97 Å². The number of rotatable bonds is 7. The molecule has 2 amide bonds. The molecule has 35 heavy (non-hydrogen) atoms. The minimum Gasteiger partial charge on any atom is -0.454 e. The molecule has 0 atom stereocenters. The third-order valence-corrected chi connectivity index (χ3v) is 5.14. The van der Waals surface area contributed by atoms with Crippen LogP contribution in [0, 0.1) is 0 Å². The number of esters is 1. The molecule has 0 spiro atoms. The molecule has 10 heteroatoms. The summed E-state index contributed by atoms with van der Waals surface area (Å²) in [5.74, 6) is -0.292. The van der Waals surface area contributed by atoms with Gasteiger partial charge in [0.15, 0.2) is 18.1 Å². The standard InChI is InChI=1S/C25H26N4O6/c1-25(2,3)20-12-21(29(28-20)17-7-5-4-6-8-17)27-22(30)14-33-23(31)13-26-24(32)16-9-10-18-19(11-16)35-15-34-18/h4-12H,13-15H2,1-3H3,(H,26,32)(H,27,30). The van der Waals surface area contributed by atoms with E-state index in [9.17, 15) is 14.4 Å². The predicted molar refractivity (Wildman–Crippen MR) is 127 cm³/mol. The Bertz CT molecular complexity index is 1250. The summed E-state index contributed by atoms with van der Waals surface area (Å²) < 4.78 is 17.1. The first-order chi connectivity index (χ1) is 16.7. The van der Waals surface area contributed by atoms with Gasteiger partial charge in [-0.25, -0.2) is 4.68 Å². The molecule has 10 nitrogen and oxygen atoms in total. The Hall–Kier alpha value is -4.34. The molecule has 0 saturated carbocycles. The van der Waals surface area contributed by atoms with Crippen molar-refractivity contribution in [3.05, 3.63) is 65.9 Å². The van der Waals surface area contributed by atoms with E-state index >= 15 is 0 Å². The highest BCUT2D eigenvalue weighted by Crippen LogP contribution is 2.32. The lowest BCUT2D eigenvalue weighted by Crippen LogP contribution is -2.32. The van der Waals surface area contributed by atoms with Gasteiger partial charge in [-0.15, -0.1) is 0 Å². The number of nitrogens with zero attached hydrogens (tertiary/aromatic N) is 2. The zero-order chi connectivity index (χ0) is 25.0. The lowest BCUT2D eigenvalue weighted by Gasteiger charge is -2.14. The van der Waals surface area contributed by atoms with Crippen molar-refractivity contribution in [2.24, 2.45) is 0 Å². The zero-order valence-corrected chi connectivity index (χ0v) is 19.7. The average Bonchev–Trinajstić information content (AvgIpc) is 3.48. The van der Waals surface area contributed by atoms with Gasteiger partial charge in [-0.2, -0.15) is 5.10 Å². The van der Waals surface area contributed by atoms with Crippen LogP contribution in [0.3, 0.4) is 0 Å². The number of hydrogen-bond donors (Lipinski definition) is 2. The number of para-hydroxylation sites is 1. The van der Waals surface area contributed by atoms with E-state index in [0.29, 0.717) is 22.9 Å². The van der Waals surface area contributed by atoms with Crippen molar-refractivity contribution in [2.45, 2.75) is 26.2 Å². The Labute approximate surface area is 202 Å². The Morgan fingerprint density at radius 2 is 1.77 bits per heavy atom. The number of amides is 2. The highest BCUT2D eigenvalue weighted by atomic mass is 16.7. The third kappa shape index (κ3) is 5.78. The second-order valence-corrected chi connectivity index (χ2v) is 8.87. The van der Waals surface area contributed by atoms with E-state index in [2.05, 4.69) is 15.7 Å². The van der Waals surface area contributed by atoms with Gasteiger partial charge in [0.1, 0.15) is 12.4 Å². The molecule has 182 valence electrons. The normalized spacial score (nSPS) is 12.2. The van der Waals surface area contributed by atoms with Gasteiger partial charge < -0.3 is 24.8 Å². The summed E-state index contributed by atoms with van der Waals surface area (Å²) in [6, 6.07) is 15.9. The molecule has 2 heterocycles. The maximum absolute atomic E-state index is 12.5. The molecule has 3 aromatic rings. The highest BCUT2D eigenvalue weighted by molar-refractivity contribution is 5.97. The van der Waals surface area contributed by atoms with Crippen molar-refractivity contribution in [3.8, 4) is 17.2 Å². The van der Waals surface area contributed by atoms with Gasteiger partial charge in [0.25, 0.3) is 11.8 Å². The lowest BCUT2D eigenvalue weighted by atomic mass is 9.92. The van der Waals surface area contributed by atoms with Crippen molar-refractivity contribution in [2.75, 3.05) is 25.3 Å². The number of carbonyl (C=O) groups excluding carboxylic acids is 3. The molecule has 2 N–H and O–H groups in total. The molecule has 1 aromatic heterocycles. The molecular weight excluding hydrogens is 452 g/mol. The van der Waals surface area contributed by atoms with E-state index in [1.807, 2.05) is 51.1 Å². The number of carbonyl (C=O) groups is 3. The summed E-state index contributed by atoms with van der Waals surface area (Å²) in [5, 5.41) is 9.83. The van der Waals surface area contributed by atoms with Gasteiger partial charge in [0.05, 0.1) is 11.4 Å².